The first-order chi connectivity index (χ1) is 42.2. The van der Waals surface area contributed by atoms with Gasteiger partial charge < -0.3 is 0 Å². The van der Waals surface area contributed by atoms with E-state index in [2.05, 4.69) is 313 Å². The third-order valence-corrected chi connectivity index (χ3v) is 16.1. The lowest BCUT2D eigenvalue weighted by Crippen LogP contribution is -2.04. The van der Waals surface area contributed by atoms with Crippen LogP contribution >= 0.6 is 0 Å². The molecule has 0 unspecified atom stereocenters. The molecule has 0 radical (unpaired) electrons. The number of hydrogen-bond donors (Lipinski definition) is 0. The van der Waals surface area contributed by atoms with Crippen LogP contribution in [0.25, 0.3) is 123 Å². The highest BCUT2D eigenvalue weighted by molar-refractivity contribution is 6.18. The van der Waals surface area contributed by atoms with Gasteiger partial charge in [0.1, 0.15) is 11.6 Å². The summed E-state index contributed by atoms with van der Waals surface area (Å²) in [5, 5.41) is 2.39. The molecule has 2 aliphatic carbocycles. The van der Waals surface area contributed by atoms with Crippen LogP contribution in [0.2, 0.25) is 0 Å². The van der Waals surface area contributed by atoms with Crippen molar-refractivity contribution in [3.63, 3.8) is 0 Å². The van der Waals surface area contributed by atoms with Crippen LogP contribution in [-0.4, -0.2) is 19.1 Å². The minimum Gasteiger partial charge on any atom is -0.292 e. The normalized spacial score (nSPS) is 14.0. The van der Waals surface area contributed by atoms with Crippen molar-refractivity contribution < 1.29 is 0 Å². The Morgan fingerprint density at radius 1 is 0.341 bits per heavy atom. The van der Waals surface area contributed by atoms with Crippen LogP contribution in [-0.2, 0) is 0 Å². The summed E-state index contributed by atoms with van der Waals surface area (Å²) in [4.78, 5) is 11.3. The first-order valence-corrected chi connectivity index (χ1v) is 30.0. The smallest absolute Gasteiger partial charge is 0.145 e. The van der Waals surface area contributed by atoms with Crippen LogP contribution in [0.4, 0.5) is 0 Å². The molecule has 4 heteroatoms. The minimum absolute atomic E-state index is 0.869. The van der Waals surface area contributed by atoms with Crippen LogP contribution in [0.1, 0.15) is 57.3 Å². The van der Waals surface area contributed by atoms with Crippen molar-refractivity contribution in [3.05, 3.63) is 315 Å². The van der Waals surface area contributed by atoms with Gasteiger partial charge in [0, 0.05) is 39.2 Å². The number of fused-ring (bicyclic) bond motifs is 1. The summed E-state index contributed by atoms with van der Waals surface area (Å²) in [7, 11) is 0. The lowest BCUT2D eigenvalue weighted by molar-refractivity contribution is 0.860. The molecule has 0 spiro atoms. The molecule has 14 rings (SSSR count). The van der Waals surface area contributed by atoms with E-state index >= 15 is 0 Å². The van der Waals surface area contributed by atoms with Gasteiger partial charge in [0.15, 0.2) is 0 Å². The van der Waals surface area contributed by atoms with Gasteiger partial charge >= 0.3 is 0 Å². The molecule has 10 aromatic carbocycles. The lowest BCUT2D eigenvalue weighted by Gasteiger charge is -2.24. The molecule has 4 nitrogen and oxygen atoms in total. The number of rotatable bonds is 12. The molecular weight excluding hydrogens is 1030 g/mol. The standard InChI is InChI=1S/C79H60N4.C2H6/c1-2-14-38-62(39-15-3-1)76-74(60-34-12-4-5-13-35-60)80-78(82(76)66-42-24-10-25-43-66)64-52-48-58(49-53-64)72-70(56-30-16-6-17-31-56)68-46-28-29-47-69(68)71(57-32-18-7-19-33-57)73(72)59-50-54-65(55-51-59)79-81-75(61-36-20-8-21-37-61)77(63-40-22-9-23-41-63)83(79)67-44-26-11-27-45-67;1-2/h1-2,4,6-13,16-38,40-55H,3,5,14-15,39H2;1-2H3/b2-1-,62-38+;. The molecule has 0 atom stereocenters. The molecule has 0 aliphatic heterocycles. The Hall–Kier alpha value is -10.4. The van der Waals surface area contributed by atoms with Gasteiger partial charge in [-0.05, 0) is 117 Å². The van der Waals surface area contributed by atoms with Gasteiger partial charge in [-0.15, -0.1) is 0 Å². The van der Waals surface area contributed by atoms with E-state index in [-0.39, 0.29) is 0 Å². The zero-order chi connectivity index (χ0) is 57.3. The lowest BCUT2D eigenvalue weighted by atomic mass is 9.79. The fourth-order valence-electron chi connectivity index (χ4n) is 12.3. The highest BCUT2D eigenvalue weighted by atomic mass is 15.1. The average Bonchev–Trinajstić information content (AvgIpc) is 1.35. The van der Waals surface area contributed by atoms with E-state index in [1.54, 1.807) is 0 Å². The van der Waals surface area contributed by atoms with E-state index in [4.69, 9.17) is 9.97 Å². The summed E-state index contributed by atoms with van der Waals surface area (Å²) in [6.07, 6.45) is 23.1. The highest BCUT2D eigenvalue weighted by Gasteiger charge is 2.28. The Bertz CT molecular complexity index is 4430. The van der Waals surface area contributed by atoms with E-state index < -0.39 is 0 Å². The number of nitrogens with zero attached hydrogens (tertiary/aromatic N) is 4. The summed E-state index contributed by atoms with van der Waals surface area (Å²) in [5.74, 6) is 1.78. The fourth-order valence-corrected chi connectivity index (χ4v) is 12.3. The largest absolute Gasteiger partial charge is 0.292 e. The minimum atomic E-state index is 0.869. The first-order valence-electron chi connectivity index (χ1n) is 30.0. The second-order valence-electron chi connectivity index (χ2n) is 21.3. The third-order valence-electron chi connectivity index (χ3n) is 16.1. The molecule has 0 amide bonds. The van der Waals surface area contributed by atoms with Crippen molar-refractivity contribution in [2.45, 2.75) is 46.0 Å². The quantitative estimate of drug-likeness (QED) is 0.114. The summed E-state index contributed by atoms with van der Waals surface area (Å²) >= 11 is 0. The average molecular weight is 1100 g/mol. The predicted molar refractivity (Wildman–Crippen MR) is 359 cm³/mol. The second-order valence-corrected chi connectivity index (χ2v) is 21.3. The number of benzene rings is 10. The van der Waals surface area contributed by atoms with Gasteiger partial charge in [-0.1, -0.05) is 293 Å². The molecule has 0 fully saturated rings. The molecule has 2 heterocycles. The van der Waals surface area contributed by atoms with E-state index in [1.165, 1.54) is 27.5 Å². The molecule has 12 aromatic rings. The summed E-state index contributed by atoms with van der Waals surface area (Å²) in [6.45, 7) is 4.00. The zero-order valence-corrected chi connectivity index (χ0v) is 48.2. The van der Waals surface area contributed by atoms with E-state index in [9.17, 15) is 0 Å². The van der Waals surface area contributed by atoms with Crippen molar-refractivity contribution >= 4 is 21.9 Å². The molecule has 410 valence electrons. The van der Waals surface area contributed by atoms with Crippen molar-refractivity contribution in [3.8, 4) is 101 Å². The van der Waals surface area contributed by atoms with Crippen LogP contribution in [0.3, 0.4) is 0 Å². The van der Waals surface area contributed by atoms with Gasteiger partial charge in [-0.3, -0.25) is 9.13 Å². The number of aromatic nitrogens is 4. The summed E-state index contributed by atoms with van der Waals surface area (Å²) in [6, 6.07) is 92.0. The number of para-hydroxylation sites is 2. The van der Waals surface area contributed by atoms with Crippen molar-refractivity contribution in [2.24, 2.45) is 0 Å². The topological polar surface area (TPSA) is 35.6 Å². The van der Waals surface area contributed by atoms with Crippen molar-refractivity contribution in [1.29, 1.82) is 0 Å². The van der Waals surface area contributed by atoms with Gasteiger partial charge in [-0.25, -0.2) is 9.97 Å². The number of hydrogen-bond acceptors (Lipinski definition) is 2. The summed E-state index contributed by atoms with van der Waals surface area (Å²) < 4.78 is 4.76. The van der Waals surface area contributed by atoms with Crippen molar-refractivity contribution in [1.82, 2.24) is 19.1 Å². The van der Waals surface area contributed by atoms with Gasteiger partial charge in [0.25, 0.3) is 0 Å². The maximum Gasteiger partial charge on any atom is 0.145 e. The Morgan fingerprint density at radius 3 is 1.28 bits per heavy atom. The van der Waals surface area contributed by atoms with Crippen LogP contribution < -0.4 is 0 Å². The Labute approximate surface area is 500 Å². The van der Waals surface area contributed by atoms with Gasteiger partial charge in [0.05, 0.1) is 22.8 Å². The molecule has 0 N–H and O–H groups in total. The van der Waals surface area contributed by atoms with Crippen LogP contribution in [0.15, 0.2) is 303 Å². The monoisotopic (exact) mass is 1090 g/mol. The van der Waals surface area contributed by atoms with Crippen molar-refractivity contribution in [2.75, 3.05) is 0 Å². The van der Waals surface area contributed by atoms with Gasteiger partial charge in [-0.2, -0.15) is 0 Å². The molecule has 0 saturated carbocycles. The third kappa shape index (κ3) is 10.7. The Morgan fingerprint density at radius 2 is 0.765 bits per heavy atom. The summed E-state index contributed by atoms with van der Waals surface area (Å²) in [5.41, 5.74) is 22.2. The predicted octanol–water partition coefficient (Wildman–Crippen LogP) is 22.0. The zero-order valence-electron chi connectivity index (χ0n) is 48.2. The van der Waals surface area contributed by atoms with Crippen LogP contribution in [0, 0.1) is 0 Å². The Balaban J connectivity index is 0.00000333. The first kappa shape index (κ1) is 53.9. The maximum atomic E-state index is 5.72. The SMILES string of the molecule is C1=CCC=CC(c2nc(-c3ccc(-c4c(-c5ccc(-c6nc(-c7ccccc7)c(-c7ccccc7)n6-c6ccccc6)cc5)c(-c5ccccc5)c5ccccc5c4-c4ccccc4)cc3)n(-c3ccccc3)c2/C2=C/C/C=C\CCC2)=C1.CC. The molecule has 0 saturated heterocycles. The van der Waals surface area contributed by atoms with E-state index in [0.717, 1.165) is 139 Å². The second kappa shape index (κ2) is 25.0. The molecule has 2 aromatic heterocycles. The maximum absolute atomic E-state index is 5.72. The highest BCUT2D eigenvalue weighted by Crippen LogP contribution is 2.52. The Kier molecular flexibility index (Phi) is 15.8. The molecule has 85 heavy (non-hydrogen) atoms. The van der Waals surface area contributed by atoms with Gasteiger partial charge in [0.2, 0.25) is 0 Å². The number of imidazole rings is 2. The number of allylic oxidation sites excluding steroid dienone is 10. The van der Waals surface area contributed by atoms with E-state index in [0.29, 0.717) is 0 Å². The van der Waals surface area contributed by atoms with E-state index in [1.807, 2.05) is 13.8 Å². The molecular formula is C81H66N4. The van der Waals surface area contributed by atoms with Crippen LogP contribution in [0.5, 0.6) is 0 Å². The fraction of sp³-hybridized carbons (Fsp3) is 0.0864. The molecule has 0 bridgehead atoms. The molecule has 2 aliphatic rings.